The molecule has 0 bridgehead atoms. The first-order valence-corrected chi connectivity index (χ1v) is 7.18. The molecule has 0 saturated heterocycles. The molecule has 6 nitrogen and oxygen atoms in total. The SMILES string of the molecule is CCOC(=O)Cc1c(C(=O)OCC)[nH]c2c1C(=O)CCC2. The lowest BCUT2D eigenvalue weighted by molar-refractivity contribution is -0.142. The van der Waals surface area contributed by atoms with Crippen molar-refractivity contribution in [3.63, 3.8) is 0 Å². The maximum atomic E-state index is 12.1. The van der Waals surface area contributed by atoms with Crippen LogP contribution in [0.3, 0.4) is 0 Å². The van der Waals surface area contributed by atoms with Crippen LogP contribution >= 0.6 is 0 Å². The van der Waals surface area contributed by atoms with Gasteiger partial charge in [-0.3, -0.25) is 9.59 Å². The number of aromatic amines is 1. The summed E-state index contributed by atoms with van der Waals surface area (Å²) in [6, 6.07) is 0. The van der Waals surface area contributed by atoms with Gasteiger partial charge in [-0.1, -0.05) is 0 Å². The van der Waals surface area contributed by atoms with E-state index in [1.165, 1.54) is 0 Å². The Kier molecular flexibility index (Phi) is 4.77. The fourth-order valence-corrected chi connectivity index (χ4v) is 2.58. The van der Waals surface area contributed by atoms with Gasteiger partial charge in [0.05, 0.1) is 19.6 Å². The number of fused-ring (bicyclic) bond motifs is 1. The molecule has 21 heavy (non-hydrogen) atoms. The van der Waals surface area contributed by atoms with Gasteiger partial charge in [0.2, 0.25) is 0 Å². The lowest BCUT2D eigenvalue weighted by Crippen LogP contribution is -2.16. The zero-order chi connectivity index (χ0) is 15.4. The molecule has 2 rings (SSSR count). The third-order valence-corrected chi connectivity index (χ3v) is 3.40. The van der Waals surface area contributed by atoms with Gasteiger partial charge >= 0.3 is 11.9 Å². The molecular formula is C15H19NO5. The Morgan fingerprint density at radius 2 is 1.86 bits per heavy atom. The number of aromatic nitrogens is 1. The van der Waals surface area contributed by atoms with Crippen LogP contribution in [-0.4, -0.2) is 35.9 Å². The van der Waals surface area contributed by atoms with Crippen LogP contribution in [0.1, 0.15) is 58.8 Å². The van der Waals surface area contributed by atoms with E-state index in [0.717, 1.165) is 6.42 Å². The molecule has 0 aliphatic heterocycles. The summed E-state index contributed by atoms with van der Waals surface area (Å²) in [5.74, 6) is -1.04. The molecule has 0 aromatic carbocycles. The first-order valence-electron chi connectivity index (χ1n) is 7.18. The second kappa shape index (κ2) is 6.56. The summed E-state index contributed by atoms with van der Waals surface area (Å²) in [4.78, 5) is 38.8. The van der Waals surface area contributed by atoms with Gasteiger partial charge in [-0.05, 0) is 26.7 Å². The lowest BCUT2D eigenvalue weighted by atomic mass is 9.92. The standard InChI is InChI=1S/C15H19NO5/c1-3-20-12(18)8-9-13-10(6-5-7-11(13)17)16-14(9)15(19)21-4-2/h16H,3-8H2,1-2H3. The zero-order valence-corrected chi connectivity index (χ0v) is 12.3. The average Bonchev–Trinajstić information content (AvgIpc) is 2.79. The Balaban J connectivity index is 2.42. The summed E-state index contributed by atoms with van der Waals surface area (Å²) in [6.45, 7) is 3.91. The van der Waals surface area contributed by atoms with Crippen molar-refractivity contribution >= 4 is 17.7 Å². The Hall–Kier alpha value is -2.11. The minimum atomic E-state index is -0.543. The predicted octanol–water partition coefficient (Wildman–Crippen LogP) is 1.82. The van der Waals surface area contributed by atoms with Crippen molar-refractivity contribution in [3.05, 3.63) is 22.5 Å². The van der Waals surface area contributed by atoms with Crippen molar-refractivity contribution in [2.45, 2.75) is 39.5 Å². The van der Waals surface area contributed by atoms with Crippen LogP contribution in [0.25, 0.3) is 0 Å². The number of carbonyl (C=O) groups is 3. The van der Waals surface area contributed by atoms with Gasteiger partial charge in [0.25, 0.3) is 0 Å². The lowest BCUT2D eigenvalue weighted by Gasteiger charge is -2.11. The van der Waals surface area contributed by atoms with Crippen molar-refractivity contribution in [3.8, 4) is 0 Å². The highest BCUT2D eigenvalue weighted by atomic mass is 16.5. The highest BCUT2D eigenvalue weighted by Crippen LogP contribution is 2.28. The number of ether oxygens (including phenoxy) is 2. The Morgan fingerprint density at radius 1 is 1.14 bits per heavy atom. The van der Waals surface area contributed by atoms with E-state index in [4.69, 9.17) is 9.47 Å². The van der Waals surface area contributed by atoms with Crippen molar-refractivity contribution in [2.75, 3.05) is 13.2 Å². The molecule has 0 spiro atoms. The molecule has 1 aromatic rings. The number of Topliss-reactive ketones (excluding diaryl/α,β-unsaturated/α-hetero) is 1. The summed E-state index contributed by atoms with van der Waals surface area (Å²) < 4.78 is 9.91. The van der Waals surface area contributed by atoms with E-state index in [1.807, 2.05) is 0 Å². The molecule has 1 aliphatic carbocycles. The van der Waals surface area contributed by atoms with Crippen molar-refractivity contribution in [1.82, 2.24) is 4.98 Å². The van der Waals surface area contributed by atoms with Crippen LogP contribution in [-0.2, 0) is 27.1 Å². The molecule has 1 heterocycles. The number of rotatable bonds is 5. The van der Waals surface area contributed by atoms with E-state index in [1.54, 1.807) is 13.8 Å². The highest BCUT2D eigenvalue weighted by molar-refractivity contribution is 6.04. The van der Waals surface area contributed by atoms with E-state index in [9.17, 15) is 14.4 Å². The van der Waals surface area contributed by atoms with Crippen LogP contribution in [0, 0.1) is 0 Å². The summed E-state index contributed by atoms with van der Waals surface area (Å²) in [5.41, 5.74) is 1.79. The topological polar surface area (TPSA) is 85.5 Å². The number of esters is 2. The van der Waals surface area contributed by atoms with E-state index >= 15 is 0 Å². The Labute approximate surface area is 122 Å². The zero-order valence-electron chi connectivity index (χ0n) is 12.3. The van der Waals surface area contributed by atoms with Crippen LogP contribution in [0.5, 0.6) is 0 Å². The molecule has 6 heteroatoms. The molecule has 0 amide bonds. The number of hydrogen-bond acceptors (Lipinski definition) is 5. The summed E-state index contributed by atoms with van der Waals surface area (Å²) in [5, 5.41) is 0. The fraction of sp³-hybridized carbons (Fsp3) is 0.533. The number of ketones is 1. The highest BCUT2D eigenvalue weighted by Gasteiger charge is 2.30. The fourth-order valence-electron chi connectivity index (χ4n) is 2.58. The number of hydrogen-bond donors (Lipinski definition) is 1. The minimum Gasteiger partial charge on any atom is -0.466 e. The normalized spacial score (nSPS) is 13.7. The monoisotopic (exact) mass is 293 g/mol. The third-order valence-electron chi connectivity index (χ3n) is 3.40. The summed E-state index contributed by atoms with van der Waals surface area (Å²) >= 11 is 0. The Morgan fingerprint density at radius 3 is 2.52 bits per heavy atom. The van der Waals surface area contributed by atoms with Crippen molar-refractivity contribution in [1.29, 1.82) is 0 Å². The molecule has 0 saturated carbocycles. The molecule has 0 radical (unpaired) electrons. The van der Waals surface area contributed by atoms with Gasteiger partial charge in [0.1, 0.15) is 5.69 Å². The second-order valence-electron chi connectivity index (χ2n) is 4.81. The Bertz CT molecular complexity index is 573. The third kappa shape index (κ3) is 3.15. The molecule has 0 fully saturated rings. The van der Waals surface area contributed by atoms with Gasteiger partial charge in [-0.2, -0.15) is 0 Å². The van der Waals surface area contributed by atoms with Gasteiger partial charge in [0, 0.05) is 23.2 Å². The molecule has 1 N–H and O–H groups in total. The first kappa shape index (κ1) is 15.3. The molecule has 1 aromatic heterocycles. The quantitative estimate of drug-likeness (QED) is 0.837. The number of carbonyl (C=O) groups excluding carboxylic acids is 3. The number of nitrogens with one attached hydrogen (secondary N) is 1. The maximum Gasteiger partial charge on any atom is 0.355 e. The smallest absolute Gasteiger partial charge is 0.355 e. The maximum absolute atomic E-state index is 12.1. The van der Waals surface area contributed by atoms with Gasteiger partial charge < -0.3 is 14.5 Å². The number of H-pyrrole nitrogens is 1. The number of aryl methyl sites for hydroxylation is 1. The van der Waals surface area contributed by atoms with E-state index in [2.05, 4.69) is 4.98 Å². The minimum absolute atomic E-state index is 0.0395. The van der Waals surface area contributed by atoms with Crippen molar-refractivity contribution in [2.24, 2.45) is 0 Å². The average molecular weight is 293 g/mol. The van der Waals surface area contributed by atoms with Gasteiger partial charge in [-0.25, -0.2) is 4.79 Å². The van der Waals surface area contributed by atoms with Crippen molar-refractivity contribution < 1.29 is 23.9 Å². The molecule has 1 aliphatic rings. The van der Waals surface area contributed by atoms with Crippen LogP contribution in [0.15, 0.2) is 0 Å². The summed E-state index contributed by atoms with van der Waals surface area (Å²) in [6.07, 6.45) is 1.77. The van der Waals surface area contributed by atoms with Crippen LogP contribution in [0.4, 0.5) is 0 Å². The van der Waals surface area contributed by atoms with E-state index in [0.29, 0.717) is 29.7 Å². The van der Waals surface area contributed by atoms with Gasteiger partial charge in [-0.15, -0.1) is 0 Å². The first-order chi connectivity index (χ1) is 10.1. The van der Waals surface area contributed by atoms with Gasteiger partial charge in [0.15, 0.2) is 5.78 Å². The summed E-state index contributed by atoms with van der Waals surface area (Å²) in [7, 11) is 0. The largest absolute Gasteiger partial charge is 0.466 e. The van der Waals surface area contributed by atoms with E-state index in [-0.39, 0.29) is 31.1 Å². The van der Waals surface area contributed by atoms with E-state index < -0.39 is 11.9 Å². The predicted molar refractivity (Wildman–Crippen MR) is 74.4 cm³/mol. The molecule has 0 unspecified atom stereocenters. The van der Waals surface area contributed by atoms with Crippen LogP contribution in [0.2, 0.25) is 0 Å². The molecular weight excluding hydrogens is 274 g/mol. The molecule has 114 valence electrons. The molecule has 0 atom stereocenters. The van der Waals surface area contributed by atoms with Crippen LogP contribution < -0.4 is 0 Å². The second-order valence-corrected chi connectivity index (χ2v) is 4.81.